The zero-order chi connectivity index (χ0) is 12.6. The topological polar surface area (TPSA) is 46.3 Å². The van der Waals surface area contributed by atoms with Crippen molar-refractivity contribution in [2.45, 2.75) is 32.2 Å². The maximum Gasteiger partial charge on any atom is 0.131 e. The van der Waals surface area contributed by atoms with Crippen LogP contribution in [-0.2, 0) is 4.79 Å². The number of Topliss-reactive ketones (excluding diaryl/α,β-unsaturated/α-hetero) is 1. The Bertz CT molecular complexity index is 200. The summed E-state index contributed by atoms with van der Waals surface area (Å²) in [5.74, 6) is 0.295. The number of ketones is 1. The molecule has 0 aromatic heterocycles. The lowest BCUT2D eigenvalue weighted by molar-refractivity contribution is -0.118. The van der Waals surface area contributed by atoms with Gasteiger partial charge >= 0.3 is 0 Å². The molecule has 0 aromatic rings. The minimum Gasteiger partial charge on any atom is -0.329 e. The van der Waals surface area contributed by atoms with Crippen molar-refractivity contribution in [3.8, 4) is 0 Å². The van der Waals surface area contributed by atoms with Gasteiger partial charge in [-0.15, -0.1) is 0 Å². The first-order valence-corrected chi connectivity index (χ1v) is 9.06. The van der Waals surface area contributed by atoms with Gasteiger partial charge in [-0.05, 0) is 26.3 Å². The van der Waals surface area contributed by atoms with Crippen molar-refractivity contribution < 1.29 is 4.79 Å². The van der Waals surface area contributed by atoms with E-state index in [1.54, 1.807) is 6.92 Å². The molecule has 0 aliphatic carbocycles. The number of nitrogens with two attached hydrogens (primary N) is 1. The maximum atomic E-state index is 10.9. The SMILES string of the molecule is CC(=O)C[C@@H]1CCCN1CCN.IC(I)I. The monoisotopic (exact) mass is 564 g/mol. The van der Waals surface area contributed by atoms with Gasteiger partial charge in [0.05, 0.1) is 0 Å². The predicted octanol–water partition coefficient (Wildman–Crippen LogP) is 2.96. The molecule has 1 aliphatic rings. The van der Waals surface area contributed by atoms with Crippen LogP contribution in [0.15, 0.2) is 0 Å². The first-order chi connectivity index (χ1) is 7.47. The van der Waals surface area contributed by atoms with Gasteiger partial charge in [0.25, 0.3) is 0 Å². The highest BCUT2D eigenvalue weighted by atomic mass is 127. The zero-order valence-electron chi connectivity index (χ0n) is 9.46. The molecule has 0 radical (unpaired) electrons. The Morgan fingerprint density at radius 2 is 2.06 bits per heavy atom. The minimum atomic E-state index is 0.295. The predicted molar refractivity (Wildman–Crippen MR) is 94.8 cm³/mol. The third-order valence-electron chi connectivity index (χ3n) is 2.44. The summed E-state index contributed by atoms with van der Waals surface area (Å²) < 4.78 is 0.743. The molecule has 0 aromatic carbocycles. The highest BCUT2D eigenvalue weighted by Gasteiger charge is 2.24. The molecule has 3 nitrogen and oxygen atoms in total. The van der Waals surface area contributed by atoms with Crippen LogP contribution in [0.4, 0.5) is 0 Å². The summed E-state index contributed by atoms with van der Waals surface area (Å²) in [6.07, 6.45) is 3.09. The molecule has 1 atom stereocenters. The quantitative estimate of drug-likeness (QED) is 0.423. The van der Waals surface area contributed by atoms with E-state index in [4.69, 9.17) is 5.73 Å². The van der Waals surface area contributed by atoms with Crippen LogP contribution in [0.3, 0.4) is 0 Å². The molecule has 1 heterocycles. The van der Waals surface area contributed by atoms with Gasteiger partial charge in [-0.25, -0.2) is 0 Å². The number of carbonyl (C=O) groups excluding carboxylic acids is 1. The fraction of sp³-hybridized carbons (Fsp3) is 0.900. The largest absolute Gasteiger partial charge is 0.329 e. The maximum absolute atomic E-state index is 10.9. The van der Waals surface area contributed by atoms with Gasteiger partial charge in [-0.3, -0.25) is 9.69 Å². The Morgan fingerprint density at radius 3 is 2.50 bits per heavy atom. The number of likely N-dealkylation sites (tertiary alicyclic amines) is 1. The normalized spacial score (nSPS) is 20.8. The molecule has 2 N–H and O–H groups in total. The first kappa shape index (κ1) is 17.8. The third kappa shape index (κ3) is 9.77. The molecular formula is C10H19I3N2O. The minimum absolute atomic E-state index is 0.295. The van der Waals surface area contributed by atoms with Crippen LogP contribution in [-0.4, -0.2) is 36.3 Å². The number of hydrogen-bond donors (Lipinski definition) is 1. The number of rotatable bonds is 4. The van der Waals surface area contributed by atoms with E-state index in [0.29, 0.717) is 24.8 Å². The smallest absolute Gasteiger partial charge is 0.131 e. The van der Waals surface area contributed by atoms with E-state index in [9.17, 15) is 4.79 Å². The second-order valence-electron chi connectivity index (χ2n) is 3.77. The van der Waals surface area contributed by atoms with E-state index in [0.717, 1.165) is 13.0 Å². The Balaban J connectivity index is 0.000000487. The average Bonchev–Trinajstić information content (AvgIpc) is 2.51. The lowest BCUT2D eigenvalue weighted by Gasteiger charge is -2.22. The lowest BCUT2D eigenvalue weighted by atomic mass is 10.1. The molecule has 1 aliphatic heterocycles. The Labute approximate surface area is 139 Å². The Hall–Kier alpha value is 1.78. The van der Waals surface area contributed by atoms with E-state index in [2.05, 4.69) is 72.7 Å². The van der Waals surface area contributed by atoms with E-state index in [1.165, 1.54) is 12.8 Å². The van der Waals surface area contributed by atoms with Crippen LogP contribution in [0.2, 0.25) is 0 Å². The number of hydrogen-bond acceptors (Lipinski definition) is 3. The second kappa shape index (κ2) is 10.7. The third-order valence-corrected chi connectivity index (χ3v) is 2.44. The van der Waals surface area contributed by atoms with E-state index in [1.807, 2.05) is 0 Å². The summed E-state index contributed by atoms with van der Waals surface area (Å²) >= 11 is 6.95. The van der Waals surface area contributed by atoms with Gasteiger partial charge in [0.15, 0.2) is 0 Å². The van der Waals surface area contributed by atoms with Crippen LogP contribution in [0.25, 0.3) is 0 Å². The Morgan fingerprint density at radius 1 is 1.50 bits per heavy atom. The molecule has 96 valence electrons. The van der Waals surface area contributed by atoms with Crippen molar-refractivity contribution in [1.82, 2.24) is 4.90 Å². The zero-order valence-corrected chi connectivity index (χ0v) is 15.9. The van der Waals surface area contributed by atoms with Crippen molar-refractivity contribution in [3.05, 3.63) is 0 Å². The number of halogens is 3. The highest BCUT2D eigenvalue weighted by Crippen LogP contribution is 2.19. The fourth-order valence-electron chi connectivity index (χ4n) is 1.92. The van der Waals surface area contributed by atoms with Crippen molar-refractivity contribution in [3.63, 3.8) is 0 Å². The molecule has 0 bridgehead atoms. The first-order valence-electron chi connectivity index (χ1n) is 5.33. The number of alkyl halides is 3. The molecule has 0 amide bonds. The van der Waals surface area contributed by atoms with Gasteiger partial charge in [0, 0.05) is 25.6 Å². The fourth-order valence-corrected chi connectivity index (χ4v) is 1.92. The van der Waals surface area contributed by atoms with Gasteiger partial charge < -0.3 is 5.73 Å². The molecule has 0 spiro atoms. The van der Waals surface area contributed by atoms with Crippen molar-refractivity contribution in [1.29, 1.82) is 0 Å². The Kier molecular flexibility index (Phi) is 11.9. The molecular weight excluding hydrogens is 545 g/mol. The summed E-state index contributed by atoms with van der Waals surface area (Å²) in [4.78, 5) is 13.2. The van der Waals surface area contributed by atoms with Crippen LogP contribution < -0.4 is 5.73 Å². The molecule has 6 heteroatoms. The summed E-state index contributed by atoms with van der Waals surface area (Å²) in [7, 11) is 0. The standard InChI is InChI=1S/C9H18N2O.CHI3/c1-8(12)7-9-3-2-5-11(9)6-4-10;2-1(3)4/h9H,2-7,10H2,1H3;1H/t9-;/m0./s1. The molecule has 16 heavy (non-hydrogen) atoms. The molecule has 1 saturated heterocycles. The van der Waals surface area contributed by atoms with Crippen LogP contribution in [0.5, 0.6) is 0 Å². The molecule has 0 saturated carbocycles. The highest BCUT2D eigenvalue weighted by molar-refractivity contribution is 14.3. The second-order valence-corrected chi connectivity index (χ2v) is 14.7. The summed E-state index contributed by atoms with van der Waals surface area (Å²) in [5.41, 5.74) is 5.47. The number of nitrogens with zero attached hydrogens (tertiary/aromatic N) is 1. The molecule has 0 unspecified atom stereocenters. The molecule has 1 rings (SSSR count). The lowest BCUT2D eigenvalue weighted by Crippen LogP contribution is -2.34. The van der Waals surface area contributed by atoms with E-state index < -0.39 is 0 Å². The summed E-state index contributed by atoms with van der Waals surface area (Å²) in [6, 6.07) is 0.478. The van der Waals surface area contributed by atoms with Crippen LogP contribution >= 0.6 is 67.8 Å². The van der Waals surface area contributed by atoms with E-state index in [-0.39, 0.29) is 0 Å². The van der Waals surface area contributed by atoms with Gasteiger partial charge in [-0.2, -0.15) is 0 Å². The summed E-state index contributed by atoms with van der Waals surface area (Å²) in [5, 5.41) is 0. The van der Waals surface area contributed by atoms with Gasteiger partial charge in [0.2, 0.25) is 0 Å². The van der Waals surface area contributed by atoms with Crippen LogP contribution in [0, 0.1) is 0 Å². The van der Waals surface area contributed by atoms with E-state index >= 15 is 0 Å². The number of carbonyl (C=O) groups is 1. The van der Waals surface area contributed by atoms with Crippen molar-refractivity contribution >= 4 is 73.6 Å². The van der Waals surface area contributed by atoms with Crippen molar-refractivity contribution in [2.24, 2.45) is 5.73 Å². The van der Waals surface area contributed by atoms with Crippen molar-refractivity contribution in [2.75, 3.05) is 19.6 Å². The van der Waals surface area contributed by atoms with Gasteiger partial charge in [0.1, 0.15) is 5.72 Å². The average molecular weight is 564 g/mol. The molecule has 1 fully saturated rings. The van der Waals surface area contributed by atoms with Crippen LogP contribution in [0.1, 0.15) is 26.2 Å². The van der Waals surface area contributed by atoms with Gasteiger partial charge in [-0.1, -0.05) is 67.8 Å². The summed E-state index contributed by atoms with van der Waals surface area (Å²) in [6.45, 7) is 4.43.